The number of piperazine rings is 1. The van der Waals surface area contributed by atoms with Crippen LogP contribution in [0.15, 0.2) is 53.7 Å². The maximum absolute atomic E-state index is 4.44. The van der Waals surface area contributed by atoms with Crippen LogP contribution in [0.3, 0.4) is 0 Å². The highest BCUT2D eigenvalue weighted by Gasteiger charge is 2.19. The van der Waals surface area contributed by atoms with Crippen molar-refractivity contribution in [1.29, 1.82) is 0 Å². The third kappa shape index (κ3) is 3.67. The molecule has 0 radical (unpaired) electrons. The van der Waals surface area contributed by atoms with Crippen molar-refractivity contribution in [3.05, 3.63) is 54.4 Å². The van der Waals surface area contributed by atoms with Crippen molar-refractivity contribution in [2.75, 3.05) is 38.1 Å². The average molecular weight is 311 g/mol. The summed E-state index contributed by atoms with van der Waals surface area (Å²) in [5.41, 5.74) is 2.56. The first-order chi connectivity index (χ1) is 11.3. The smallest absolute Gasteiger partial charge is 0.194 e. The monoisotopic (exact) mass is 311 g/mol. The molecule has 1 fully saturated rings. The Kier molecular flexibility index (Phi) is 4.86. The molecule has 3 rings (SSSR count). The number of aromatic nitrogens is 1. The molecule has 0 bridgehead atoms. The fourth-order valence-electron chi connectivity index (χ4n) is 3.00. The highest BCUT2D eigenvalue weighted by Crippen LogP contribution is 2.15. The van der Waals surface area contributed by atoms with Gasteiger partial charge in [0.05, 0.1) is 6.54 Å². The maximum atomic E-state index is 4.44. The molecule has 5 nitrogen and oxygen atoms in total. The zero-order chi connectivity index (χ0) is 16.1. The highest BCUT2D eigenvalue weighted by atomic mass is 15.3. The molecule has 0 saturated carbocycles. The summed E-state index contributed by atoms with van der Waals surface area (Å²) in [5.74, 6) is 0.985. The molecule has 0 spiro atoms. The molecule has 1 aliphatic heterocycles. The van der Waals surface area contributed by atoms with Gasteiger partial charge in [-0.25, -0.2) is 0 Å². The second kappa shape index (κ2) is 7.22. The summed E-state index contributed by atoms with van der Waals surface area (Å²) in [7, 11) is 3.93. The van der Waals surface area contributed by atoms with Crippen LogP contribution in [0.25, 0.3) is 0 Å². The van der Waals surface area contributed by atoms with E-state index in [9.17, 15) is 0 Å². The third-order valence-electron chi connectivity index (χ3n) is 4.39. The van der Waals surface area contributed by atoms with E-state index in [4.69, 9.17) is 0 Å². The highest BCUT2D eigenvalue weighted by molar-refractivity contribution is 5.80. The molecule has 0 amide bonds. The molecule has 1 aromatic carbocycles. The number of rotatable bonds is 3. The quantitative estimate of drug-likeness (QED) is 0.695. The van der Waals surface area contributed by atoms with E-state index >= 15 is 0 Å². The van der Waals surface area contributed by atoms with E-state index in [2.05, 4.69) is 80.4 Å². The number of nitrogens with one attached hydrogen (secondary N) is 1. The number of hydrogen-bond acceptors (Lipinski definition) is 2. The standard InChI is InChI=1S/C18H25N5/c1-19-18(20-15-17-9-6-10-21(17)2)23-13-11-22(12-14-23)16-7-4-3-5-8-16/h3-10H,11-15H2,1-2H3,(H,19,20). The van der Waals surface area contributed by atoms with Crippen LogP contribution in [0.2, 0.25) is 0 Å². The van der Waals surface area contributed by atoms with Crippen LogP contribution >= 0.6 is 0 Å². The lowest BCUT2D eigenvalue weighted by Gasteiger charge is -2.37. The first kappa shape index (κ1) is 15.5. The Hall–Kier alpha value is -2.43. The molecule has 0 unspecified atom stereocenters. The summed E-state index contributed by atoms with van der Waals surface area (Å²) in [6, 6.07) is 14.8. The van der Waals surface area contributed by atoms with Crippen molar-refractivity contribution in [2.45, 2.75) is 6.54 Å². The number of para-hydroxylation sites is 1. The van der Waals surface area contributed by atoms with Gasteiger partial charge in [0.1, 0.15) is 0 Å². The Morgan fingerprint density at radius 2 is 1.78 bits per heavy atom. The van der Waals surface area contributed by atoms with E-state index in [1.807, 2.05) is 7.05 Å². The summed E-state index contributed by atoms with van der Waals surface area (Å²) in [6.07, 6.45) is 2.07. The molecule has 1 aromatic heterocycles. The Morgan fingerprint density at radius 3 is 2.39 bits per heavy atom. The van der Waals surface area contributed by atoms with Gasteiger partial charge in [-0.3, -0.25) is 4.99 Å². The number of guanidine groups is 1. The number of aryl methyl sites for hydroxylation is 1. The molecule has 5 heteroatoms. The van der Waals surface area contributed by atoms with Crippen LogP contribution in [0.4, 0.5) is 5.69 Å². The number of benzene rings is 1. The normalized spacial score (nSPS) is 15.8. The van der Waals surface area contributed by atoms with E-state index < -0.39 is 0 Å². The summed E-state index contributed by atoms with van der Waals surface area (Å²) in [5, 5.41) is 3.47. The third-order valence-corrected chi connectivity index (χ3v) is 4.39. The van der Waals surface area contributed by atoms with Crippen LogP contribution in [-0.4, -0.2) is 48.7 Å². The van der Waals surface area contributed by atoms with Crippen molar-refractivity contribution < 1.29 is 0 Å². The first-order valence-electron chi connectivity index (χ1n) is 8.14. The summed E-state index contributed by atoms with van der Waals surface area (Å²) < 4.78 is 2.13. The molecule has 1 aliphatic rings. The largest absolute Gasteiger partial charge is 0.368 e. The molecular weight excluding hydrogens is 286 g/mol. The second-order valence-electron chi connectivity index (χ2n) is 5.82. The van der Waals surface area contributed by atoms with Gasteiger partial charge < -0.3 is 19.7 Å². The molecule has 1 N–H and O–H groups in total. The maximum Gasteiger partial charge on any atom is 0.194 e. The minimum atomic E-state index is 0.801. The first-order valence-corrected chi connectivity index (χ1v) is 8.14. The van der Waals surface area contributed by atoms with Crippen LogP contribution in [0.5, 0.6) is 0 Å². The number of nitrogens with zero attached hydrogens (tertiary/aromatic N) is 4. The average Bonchev–Trinajstić information content (AvgIpc) is 3.02. The molecule has 0 atom stereocenters. The zero-order valence-corrected chi connectivity index (χ0v) is 13.9. The van der Waals surface area contributed by atoms with Gasteiger partial charge in [-0.2, -0.15) is 0 Å². The molecular formula is C18H25N5. The minimum absolute atomic E-state index is 0.801. The molecule has 0 aliphatic carbocycles. The SMILES string of the molecule is CN=C(NCc1cccn1C)N1CCN(c2ccccc2)CC1. The van der Waals surface area contributed by atoms with Gasteiger partial charge in [-0.1, -0.05) is 18.2 Å². The Bertz CT molecular complexity index is 638. The summed E-state index contributed by atoms with van der Waals surface area (Å²) in [6.45, 7) is 4.82. The van der Waals surface area contributed by atoms with Crippen LogP contribution in [0.1, 0.15) is 5.69 Å². The van der Waals surface area contributed by atoms with Crippen molar-refractivity contribution >= 4 is 11.6 Å². The molecule has 23 heavy (non-hydrogen) atoms. The predicted octanol–water partition coefficient (Wildman–Crippen LogP) is 1.92. The van der Waals surface area contributed by atoms with Gasteiger partial charge in [-0.05, 0) is 24.3 Å². The van der Waals surface area contributed by atoms with Gasteiger partial charge in [0, 0.05) is 57.9 Å². The predicted molar refractivity (Wildman–Crippen MR) is 95.8 cm³/mol. The van der Waals surface area contributed by atoms with E-state index in [0.717, 1.165) is 38.7 Å². The lowest BCUT2D eigenvalue weighted by molar-refractivity contribution is 0.372. The lowest BCUT2D eigenvalue weighted by Crippen LogP contribution is -2.52. The van der Waals surface area contributed by atoms with E-state index in [1.54, 1.807) is 0 Å². The van der Waals surface area contributed by atoms with Gasteiger partial charge in [-0.15, -0.1) is 0 Å². The molecule has 1 saturated heterocycles. The molecule has 122 valence electrons. The Balaban J connectivity index is 1.54. The Labute approximate surface area is 138 Å². The fraction of sp³-hybridized carbons (Fsp3) is 0.389. The Morgan fingerprint density at radius 1 is 1.04 bits per heavy atom. The summed E-state index contributed by atoms with van der Waals surface area (Å²) >= 11 is 0. The molecule has 2 aromatic rings. The van der Waals surface area contributed by atoms with Gasteiger partial charge in [0.2, 0.25) is 0 Å². The fourth-order valence-corrected chi connectivity index (χ4v) is 3.00. The van der Waals surface area contributed by atoms with Crippen molar-refractivity contribution in [3.8, 4) is 0 Å². The van der Waals surface area contributed by atoms with E-state index in [-0.39, 0.29) is 0 Å². The van der Waals surface area contributed by atoms with E-state index in [1.165, 1.54) is 11.4 Å². The van der Waals surface area contributed by atoms with Crippen LogP contribution in [0, 0.1) is 0 Å². The molecule has 2 heterocycles. The zero-order valence-electron chi connectivity index (χ0n) is 13.9. The number of hydrogen-bond donors (Lipinski definition) is 1. The number of aliphatic imine (C=N–C) groups is 1. The van der Waals surface area contributed by atoms with Gasteiger partial charge in [0.25, 0.3) is 0 Å². The van der Waals surface area contributed by atoms with Crippen LogP contribution < -0.4 is 10.2 Å². The minimum Gasteiger partial charge on any atom is -0.368 e. The van der Waals surface area contributed by atoms with Crippen LogP contribution in [-0.2, 0) is 13.6 Å². The van der Waals surface area contributed by atoms with E-state index in [0.29, 0.717) is 0 Å². The van der Waals surface area contributed by atoms with Gasteiger partial charge in [0.15, 0.2) is 5.96 Å². The van der Waals surface area contributed by atoms with Gasteiger partial charge >= 0.3 is 0 Å². The van der Waals surface area contributed by atoms with Crippen molar-refractivity contribution in [3.63, 3.8) is 0 Å². The topological polar surface area (TPSA) is 35.8 Å². The van der Waals surface area contributed by atoms with Crippen molar-refractivity contribution in [1.82, 2.24) is 14.8 Å². The number of anilines is 1. The lowest BCUT2D eigenvalue weighted by atomic mass is 10.2. The van der Waals surface area contributed by atoms with Crippen molar-refractivity contribution in [2.24, 2.45) is 12.0 Å². The second-order valence-corrected chi connectivity index (χ2v) is 5.82. The summed E-state index contributed by atoms with van der Waals surface area (Å²) in [4.78, 5) is 9.21.